The topological polar surface area (TPSA) is 12.9 Å². The van der Waals surface area contributed by atoms with Gasteiger partial charge < -0.3 is 0 Å². The van der Waals surface area contributed by atoms with Crippen molar-refractivity contribution in [3.63, 3.8) is 0 Å². The van der Waals surface area contributed by atoms with Crippen LogP contribution in [0.5, 0.6) is 0 Å². The van der Waals surface area contributed by atoms with E-state index in [2.05, 4.69) is 74.5 Å². The highest BCUT2D eigenvalue weighted by atomic mass is 14.7. The van der Waals surface area contributed by atoms with Crippen LogP contribution in [-0.4, -0.2) is 4.98 Å². The Bertz CT molecular complexity index is 1540. The highest BCUT2D eigenvalue weighted by Gasteiger charge is 2.26. The number of fused-ring (bicyclic) bond motifs is 3. The van der Waals surface area contributed by atoms with Crippen LogP contribution < -0.4 is 0 Å². The summed E-state index contributed by atoms with van der Waals surface area (Å²) in [6.07, 6.45) is 6.53. The standard InChI is InChI=1S/C31H25N/c1-18-6-11-26-25(19(18)2)12-13-28-27(26)14-15-32-31(28)24-16-22-9-7-20-4-3-5-21-8-10-23(17-24)30(22)29(20)21/h3-6,11-17H,7-10H2,1-2H3. The number of hydrogen-bond acceptors (Lipinski definition) is 1. The first kappa shape index (κ1) is 18.2. The minimum absolute atomic E-state index is 1.12. The van der Waals surface area contributed by atoms with Gasteiger partial charge in [-0.1, -0.05) is 42.5 Å². The fraction of sp³-hybridized carbons (Fsp3) is 0.194. The van der Waals surface area contributed by atoms with Crippen molar-refractivity contribution in [2.24, 2.45) is 0 Å². The zero-order valence-electron chi connectivity index (χ0n) is 18.6. The maximum atomic E-state index is 4.91. The fourth-order valence-electron chi connectivity index (χ4n) is 6.11. The number of rotatable bonds is 1. The molecular weight excluding hydrogens is 386 g/mol. The first-order valence-corrected chi connectivity index (χ1v) is 11.7. The summed E-state index contributed by atoms with van der Waals surface area (Å²) in [5.74, 6) is 0. The molecule has 0 radical (unpaired) electrons. The molecule has 0 saturated carbocycles. The number of nitrogens with zero attached hydrogens (tertiary/aromatic N) is 1. The Morgan fingerprint density at radius 3 is 1.94 bits per heavy atom. The van der Waals surface area contributed by atoms with E-state index in [1.807, 2.05) is 6.20 Å². The smallest absolute Gasteiger partial charge is 0.0780 e. The molecule has 0 N–H and O–H groups in total. The summed E-state index contributed by atoms with van der Waals surface area (Å²) < 4.78 is 0. The number of benzene rings is 4. The summed E-state index contributed by atoms with van der Waals surface area (Å²) in [6, 6.07) is 23.0. The van der Waals surface area contributed by atoms with Crippen molar-refractivity contribution in [1.82, 2.24) is 4.98 Å². The summed E-state index contributed by atoms with van der Waals surface area (Å²) in [6.45, 7) is 4.42. The molecule has 0 saturated heterocycles. The van der Waals surface area contributed by atoms with Crippen LogP contribution in [0.3, 0.4) is 0 Å². The zero-order valence-corrected chi connectivity index (χ0v) is 18.6. The Morgan fingerprint density at radius 2 is 1.19 bits per heavy atom. The minimum atomic E-state index is 1.12. The number of pyridine rings is 1. The summed E-state index contributed by atoms with van der Waals surface area (Å²) in [5.41, 5.74) is 14.2. The Labute approximate surface area is 188 Å². The van der Waals surface area contributed by atoms with E-state index in [0.29, 0.717) is 0 Å². The fourth-order valence-corrected chi connectivity index (χ4v) is 6.11. The van der Waals surface area contributed by atoms with E-state index in [0.717, 1.165) is 31.4 Å². The van der Waals surface area contributed by atoms with E-state index >= 15 is 0 Å². The third-order valence-corrected chi connectivity index (χ3v) is 7.87. The van der Waals surface area contributed by atoms with Crippen molar-refractivity contribution in [3.05, 3.63) is 100 Å². The van der Waals surface area contributed by atoms with Gasteiger partial charge in [-0.2, -0.15) is 0 Å². The lowest BCUT2D eigenvalue weighted by Gasteiger charge is -2.30. The van der Waals surface area contributed by atoms with Gasteiger partial charge in [-0.25, -0.2) is 0 Å². The zero-order chi connectivity index (χ0) is 21.4. The van der Waals surface area contributed by atoms with Crippen LogP contribution >= 0.6 is 0 Å². The van der Waals surface area contributed by atoms with Crippen LogP contribution in [0.1, 0.15) is 33.4 Å². The second-order valence-corrected chi connectivity index (χ2v) is 9.54. The van der Waals surface area contributed by atoms with E-state index in [9.17, 15) is 0 Å². The Kier molecular flexibility index (Phi) is 3.70. The predicted molar refractivity (Wildman–Crippen MR) is 134 cm³/mol. The molecule has 7 rings (SSSR count). The maximum Gasteiger partial charge on any atom is 0.0780 e. The molecule has 1 nitrogen and oxygen atoms in total. The molecule has 0 amide bonds. The molecule has 0 bridgehead atoms. The molecule has 0 atom stereocenters. The van der Waals surface area contributed by atoms with Gasteiger partial charge in [0.05, 0.1) is 5.69 Å². The van der Waals surface area contributed by atoms with Gasteiger partial charge in [-0.05, 0) is 118 Å². The molecule has 2 aliphatic rings. The van der Waals surface area contributed by atoms with E-state index in [1.165, 1.54) is 71.6 Å². The van der Waals surface area contributed by atoms with Gasteiger partial charge >= 0.3 is 0 Å². The molecule has 1 heterocycles. The molecule has 154 valence electrons. The van der Waals surface area contributed by atoms with Crippen LogP contribution in [0.25, 0.3) is 43.9 Å². The first-order chi connectivity index (χ1) is 15.7. The molecular formula is C31H25N. The van der Waals surface area contributed by atoms with Crippen molar-refractivity contribution in [2.75, 3.05) is 0 Å². The summed E-state index contributed by atoms with van der Waals surface area (Å²) >= 11 is 0. The van der Waals surface area contributed by atoms with Crippen molar-refractivity contribution in [1.29, 1.82) is 0 Å². The molecule has 0 fully saturated rings. The van der Waals surface area contributed by atoms with Crippen molar-refractivity contribution < 1.29 is 0 Å². The van der Waals surface area contributed by atoms with Crippen LogP contribution in [0.4, 0.5) is 0 Å². The quantitative estimate of drug-likeness (QED) is 0.260. The average Bonchev–Trinajstić information content (AvgIpc) is 2.84. The highest BCUT2D eigenvalue weighted by molar-refractivity contribution is 6.12. The summed E-state index contributed by atoms with van der Waals surface area (Å²) in [5, 5.41) is 5.23. The number of hydrogen-bond donors (Lipinski definition) is 0. The van der Waals surface area contributed by atoms with E-state index in [-0.39, 0.29) is 0 Å². The maximum absolute atomic E-state index is 4.91. The monoisotopic (exact) mass is 411 g/mol. The lowest BCUT2D eigenvalue weighted by Crippen LogP contribution is -2.14. The third-order valence-electron chi connectivity index (χ3n) is 7.87. The Balaban J connectivity index is 1.48. The van der Waals surface area contributed by atoms with Crippen LogP contribution in [-0.2, 0) is 25.7 Å². The highest BCUT2D eigenvalue weighted by Crippen LogP contribution is 2.44. The van der Waals surface area contributed by atoms with E-state index in [4.69, 9.17) is 4.98 Å². The van der Waals surface area contributed by atoms with Gasteiger partial charge in [0.15, 0.2) is 0 Å². The molecule has 0 unspecified atom stereocenters. The van der Waals surface area contributed by atoms with Gasteiger partial charge in [0.1, 0.15) is 0 Å². The average molecular weight is 412 g/mol. The van der Waals surface area contributed by atoms with E-state index < -0.39 is 0 Å². The largest absolute Gasteiger partial charge is 0.256 e. The van der Waals surface area contributed by atoms with Crippen LogP contribution in [0.2, 0.25) is 0 Å². The van der Waals surface area contributed by atoms with Crippen LogP contribution in [0, 0.1) is 13.8 Å². The summed E-state index contributed by atoms with van der Waals surface area (Å²) in [4.78, 5) is 4.91. The lowest BCUT2D eigenvalue weighted by atomic mass is 9.74. The third kappa shape index (κ3) is 2.42. The Hall–Kier alpha value is -3.45. The second-order valence-electron chi connectivity index (χ2n) is 9.54. The number of aryl methyl sites for hydroxylation is 6. The molecule has 1 aromatic heterocycles. The molecule has 4 aromatic carbocycles. The van der Waals surface area contributed by atoms with Gasteiger partial charge in [-0.15, -0.1) is 0 Å². The van der Waals surface area contributed by atoms with Crippen LogP contribution in [0.15, 0.2) is 66.9 Å². The van der Waals surface area contributed by atoms with Crippen molar-refractivity contribution in [2.45, 2.75) is 39.5 Å². The first-order valence-electron chi connectivity index (χ1n) is 11.7. The minimum Gasteiger partial charge on any atom is -0.256 e. The van der Waals surface area contributed by atoms with Gasteiger partial charge in [-0.3, -0.25) is 4.98 Å². The molecule has 1 heteroatoms. The summed E-state index contributed by atoms with van der Waals surface area (Å²) in [7, 11) is 0. The predicted octanol–water partition coefficient (Wildman–Crippen LogP) is 7.54. The van der Waals surface area contributed by atoms with Gasteiger partial charge in [0.2, 0.25) is 0 Å². The molecule has 0 spiro atoms. The van der Waals surface area contributed by atoms with Crippen molar-refractivity contribution >= 4 is 21.5 Å². The normalized spacial score (nSPS) is 14.1. The SMILES string of the molecule is Cc1ccc2c(ccc3c(-c4cc5c6c(c4)CCc4cccc(c4-6)CC5)nccc32)c1C. The van der Waals surface area contributed by atoms with E-state index in [1.54, 1.807) is 0 Å². The molecule has 0 aliphatic heterocycles. The lowest BCUT2D eigenvalue weighted by molar-refractivity contribution is 0.877. The number of aromatic nitrogens is 1. The Morgan fingerprint density at radius 1 is 0.594 bits per heavy atom. The van der Waals surface area contributed by atoms with Crippen molar-refractivity contribution in [3.8, 4) is 22.4 Å². The van der Waals surface area contributed by atoms with Gasteiger partial charge in [0, 0.05) is 17.1 Å². The van der Waals surface area contributed by atoms with Gasteiger partial charge in [0.25, 0.3) is 0 Å². The second kappa shape index (κ2) is 6.53. The molecule has 32 heavy (non-hydrogen) atoms. The molecule has 5 aromatic rings. The molecule has 2 aliphatic carbocycles.